The lowest BCUT2D eigenvalue weighted by molar-refractivity contribution is -0.120. The number of nitrogens with zero attached hydrogens (tertiary/aromatic N) is 3. The van der Waals surface area contributed by atoms with Crippen LogP contribution in [0.5, 0.6) is 0 Å². The second-order valence-corrected chi connectivity index (χ2v) is 7.91. The summed E-state index contributed by atoms with van der Waals surface area (Å²) in [6.45, 7) is 4.17. The number of aromatic nitrogens is 2. The molecule has 0 bridgehead atoms. The minimum atomic E-state index is 0.0377. The van der Waals surface area contributed by atoms with Gasteiger partial charge in [-0.15, -0.1) is 10.2 Å². The van der Waals surface area contributed by atoms with Gasteiger partial charge in [0.1, 0.15) is 0 Å². The van der Waals surface area contributed by atoms with Gasteiger partial charge in [0.25, 0.3) is 0 Å². The average Bonchev–Trinajstić information content (AvgIpc) is 3.08. The highest BCUT2D eigenvalue weighted by Gasteiger charge is 2.17. The lowest BCUT2D eigenvalue weighted by atomic mass is 9.99. The Morgan fingerprint density at radius 3 is 2.72 bits per heavy atom. The van der Waals surface area contributed by atoms with Crippen molar-refractivity contribution in [3.63, 3.8) is 0 Å². The van der Waals surface area contributed by atoms with Gasteiger partial charge in [0.05, 0.1) is 11.6 Å². The number of hydrogen-bond acceptors (Lipinski definition) is 6. The van der Waals surface area contributed by atoms with Gasteiger partial charge in [0, 0.05) is 11.7 Å². The molecule has 0 fully saturated rings. The van der Waals surface area contributed by atoms with E-state index in [9.17, 15) is 4.79 Å². The monoisotopic (exact) mass is 374 g/mol. The predicted octanol–water partition coefficient (Wildman–Crippen LogP) is 4.86. The van der Waals surface area contributed by atoms with Crippen LogP contribution in [0.25, 0.3) is 0 Å². The van der Waals surface area contributed by atoms with Crippen molar-refractivity contribution in [3.8, 4) is 6.07 Å². The standard InChI is InChI=1S/C18H22N4OS2/c1-3-5-6-15(4-2)16(23)20-17-21-22-18(25-17)24-12-14-9-7-13(11-19)8-10-14/h7-10,15H,3-6,12H2,1-2H3,(H,20,21,23)/t15-/m1/s1. The van der Waals surface area contributed by atoms with Crippen LogP contribution in [0.1, 0.15) is 50.7 Å². The maximum Gasteiger partial charge on any atom is 0.229 e. The van der Waals surface area contributed by atoms with Gasteiger partial charge in [-0.1, -0.05) is 61.9 Å². The number of nitrogens with one attached hydrogen (secondary N) is 1. The molecule has 0 saturated heterocycles. The van der Waals surface area contributed by atoms with Gasteiger partial charge in [0.2, 0.25) is 11.0 Å². The fourth-order valence-corrected chi connectivity index (χ4v) is 4.03. The fraction of sp³-hybridized carbons (Fsp3) is 0.444. The largest absolute Gasteiger partial charge is 0.300 e. The predicted molar refractivity (Wildman–Crippen MR) is 103 cm³/mol. The molecule has 0 aliphatic rings. The Balaban J connectivity index is 1.86. The van der Waals surface area contributed by atoms with E-state index in [4.69, 9.17) is 5.26 Å². The van der Waals surface area contributed by atoms with E-state index >= 15 is 0 Å². The lowest BCUT2D eigenvalue weighted by Gasteiger charge is -2.12. The van der Waals surface area contributed by atoms with Crippen molar-refractivity contribution in [1.29, 1.82) is 5.26 Å². The van der Waals surface area contributed by atoms with Crippen LogP contribution in [-0.4, -0.2) is 16.1 Å². The highest BCUT2D eigenvalue weighted by Crippen LogP contribution is 2.29. The van der Waals surface area contributed by atoms with E-state index in [0.717, 1.165) is 41.3 Å². The summed E-state index contributed by atoms with van der Waals surface area (Å²) < 4.78 is 0.821. The quantitative estimate of drug-likeness (QED) is 0.501. The van der Waals surface area contributed by atoms with Gasteiger partial charge < -0.3 is 5.32 Å². The van der Waals surface area contributed by atoms with E-state index in [2.05, 4.69) is 28.5 Å². The van der Waals surface area contributed by atoms with Crippen molar-refractivity contribution in [2.75, 3.05) is 5.32 Å². The summed E-state index contributed by atoms with van der Waals surface area (Å²) in [5.74, 6) is 0.830. The van der Waals surface area contributed by atoms with Crippen LogP contribution in [0.2, 0.25) is 0 Å². The van der Waals surface area contributed by atoms with Gasteiger partial charge in [-0.2, -0.15) is 5.26 Å². The van der Waals surface area contributed by atoms with Crippen LogP contribution < -0.4 is 5.32 Å². The smallest absolute Gasteiger partial charge is 0.229 e. The van der Waals surface area contributed by atoms with Crippen molar-refractivity contribution in [1.82, 2.24) is 10.2 Å². The van der Waals surface area contributed by atoms with Crippen LogP contribution in [0.3, 0.4) is 0 Å². The molecule has 2 rings (SSSR count). The van der Waals surface area contributed by atoms with Crippen LogP contribution in [-0.2, 0) is 10.5 Å². The number of thioether (sulfide) groups is 1. The lowest BCUT2D eigenvalue weighted by Crippen LogP contribution is -2.22. The molecule has 1 aromatic carbocycles. The number of carbonyl (C=O) groups excluding carboxylic acids is 1. The number of benzene rings is 1. The first kappa shape index (κ1) is 19.4. The number of nitriles is 1. The molecule has 25 heavy (non-hydrogen) atoms. The molecule has 5 nitrogen and oxygen atoms in total. The summed E-state index contributed by atoms with van der Waals surface area (Å²) in [5, 5.41) is 20.5. The third-order valence-electron chi connectivity index (χ3n) is 3.85. The van der Waals surface area contributed by atoms with E-state index in [1.54, 1.807) is 11.8 Å². The topological polar surface area (TPSA) is 78.7 Å². The molecule has 1 atom stereocenters. The first-order chi connectivity index (χ1) is 12.2. The van der Waals surface area contributed by atoms with Crippen LogP contribution in [0, 0.1) is 17.2 Å². The molecule has 1 N–H and O–H groups in total. The van der Waals surface area contributed by atoms with Crippen LogP contribution >= 0.6 is 23.1 Å². The highest BCUT2D eigenvalue weighted by molar-refractivity contribution is 8.00. The summed E-state index contributed by atoms with van der Waals surface area (Å²) >= 11 is 2.97. The molecule has 1 heterocycles. The Bertz CT molecular complexity index is 721. The molecule has 0 saturated carbocycles. The zero-order valence-corrected chi connectivity index (χ0v) is 16.1. The minimum Gasteiger partial charge on any atom is -0.300 e. The summed E-state index contributed by atoms with van der Waals surface area (Å²) in [5.41, 5.74) is 1.78. The Labute approximate surface area is 156 Å². The van der Waals surface area contributed by atoms with Gasteiger partial charge in [-0.3, -0.25) is 4.79 Å². The first-order valence-corrected chi connectivity index (χ1v) is 10.2. The van der Waals surface area contributed by atoms with Crippen molar-refractivity contribution in [2.24, 2.45) is 5.92 Å². The van der Waals surface area contributed by atoms with Crippen molar-refractivity contribution < 1.29 is 4.79 Å². The van der Waals surface area contributed by atoms with Crippen molar-refractivity contribution in [3.05, 3.63) is 35.4 Å². The summed E-state index contributed by atoms with van der Waals surface area (Å²) in [6, 6.07) is 9.60. The number of rotatable bonds is 9. The molecule has 0 aliphatic carbocycles. The summed E-state index contributed by atoms with van der Waals surface area (Å²) in [4.78, 5) is 12.3. The second kappa shape index (κ2) is 10.2. The SMILES string of the molecule is CCCC[C@@H](CC)C(=O)Nc1nnc(SCc2ccc(C#N)cc2)s1. The zero-order valence-electron chi connectivity index (χ0n) is 14.5. The number of carbonyl (C=O) groups is 1. The molecule has 0 unspecified atom stereocenters. The van der Waals surface area contributed by atoms with E-state index in [0.29, 0.717) is 10.7 Å². The maximum atomic E-state index is 12.3. The Morgan fingerprint density at radius 1 is 1.32 bits per heavy atom. The molecule has 132 valence electrons. The summed E-state index contributed by atoms with van der Waals surface area (Å²) in [6.07, 6.45) is 3.91. The molecule has 0 radical (unpaired) electrons. The molecule has 2 aromatic rings. The fourth-order valence-electron chi connectivity index (χ4n) is 2.32. The van der Waals surface area contributed by atoms with Crippen molar-refractivity contribution in [2.45, 2.75) is 49.6 Å². The highest BCUT2D eigenvalue weighted by atomic mass is 32.2. The van der Waals surface area contributed by atoms with Crippen molar-refractivity contribution >= 4 is 34.1 Å². The molecule has 7 heteroatoms. The number of unbranched alkanes of at least 4 members (excludes halogenated alkanes) is 1. The molecule has 0 aliphatic heterocycles. The normalized spacial score (nSPS) is 11.7. The summed E-state index contributed by atoms with van der Waals surface area (Å²) in [7, 11) is 0. The van der Waals surface area contributed by atoms with Gasteiger partial charge in [-0.25, -0.2) is 0 Å². The Morgan fingerprint density at radius 2 is 2.08 bits per heavy atom. The van der Waals surface area contributed by atoms with E-state index in [-0.39, 0.29) is 11.8 Å². The molecule has 0 spiro atoms. The Kier molecular flexibility index (Phi) is 7.89. The third kappa shape index (κ3) is 6.15. The third-order valence-corrected chi connectivity index (χ3v) is 5.89. The zero-order chi connectivity index (χ0) is 18.1. The molecule has 1 amide bonds. The first-order valence-electron chi connectivity index (χ1n) is 8.42. The molecule has 1 aromatic heterocycles. The minimum absolute atomic E-state index is 0.0377. The number of anilines is 1. The molecular weight excluding hydrogens is 352 g/mol. The van der Waals surface area contributed by atoms with Crippen LogP contribution in [0.4, 0.5) is 5.13 Å². The average molecular weight is 375 g/mol. The number of hydrogen-bond donors (Lipinski definition) is 1. The van der Waals surface area contributed by atoms with Crippen LogP contribution in [0.15, 0.2) is 28.6 Å². The van der Waals surface area contributed by atoms with E-state index in [1.165, 1.54) is 11.3 Å². The Hall–Kier alpha value is -1.91. The molecular formula is C18H22N4OS2. The maximum absolute atomic E-state index is 12.3. The van der Waals surface area contributed by atoms with Gasteiger partial charge in [0.15, 0.2) is 4.34 Å². The van der Waals surface area contributed by atoms with E-state index in [1.807, 2.05) is 31.2 Å². The number of amides is 1. The van der Waals surface area contributed by atoms with Gasteiger partial charge >= 0.3 is 0 Å². The second-order valence-electron chi connectivity index (χ2n) is 5.71. The van der Waals surface area contributed by atoms with E-state index < -0.39 is 0 Å². The van der Waals surface area contributed by atoms with Gasteiger partial charge in [-0.05, 0) is 30.5 Å².